The lowest BCUT2D eigenvalue weighted by Gasteiger charge is -2.23. The van der Waals surface area contributed by atoms with Crippen molar-refractivity contribution in [1.82, 2.24) is 5.32 Å². The van der Waals surface area contributed by atoms with E-state index in [2.05, 4.69) is 33.0 Å². The highest BCUT2D eigenvalue weighted by molar-refractivity contribution is 5.86. The third-order valence-corrected chi connectivity index (χ3v) is 1.99. The van der Waals surface area contributed by atoms with Gasteiger partial charge in [-0.25, -0.2) is 0 Å². The van der Waals surface area contributed by atoms with Crippen molar-refractivity contribution >= 4 is 5.91 Å². The Morgan fingerprint density at radius 2 is 1.87 bits per heavy atom. The van der Waals surface area contributed by atoms with Crippen molar-refractivity contribution < 1.29 is 26.3 Å². The zero-order chi connectivity index (χ0) is 11.0. The molecule has 4 heteroatoms. The average Bonchev–Trinajstić information content (AvgIpc) is 2.08. The Morgan fingerprint density at radius 1 is 1.27 bits per heavy atom. The Bertz CT molecular complexity index is 188. The molecule has 0 aromatic carbocycles. The van der Waals surface area contributed by atoms with E-state index in [1.807, 2.05) is 0 Å². The maximum absolute atomic E-state index is 10.8. The molecule has 0 atom stereocenters. The van der Waals surface area contributed by atoms with Gasteiger partial charge in [-0.2, -0.15) is 0 Å². The lowest BCUT2D eigenvalue weighted by molar-refractivity contribution is -0.870. The van der Waals surface area contributed by atoms with Crippen LogP contribution in [-0.4, -0.2) is 44.6 Å². The van der Waals surface area contributed by atoms with Gasteiger partial charge >= 0.3 is 0 Å². The van der Waals surface area contributed by atoms with E-state index in [9.17, 15) is 4.79 Å². The van der Waals surface area contributed by atoms with Gasteiger partial charge in [0.2, 0.25) is 5.91 Å². The van der Waals surface area contributed by atoms with Gasteiger partial charge in [0, 0.05) is 6.54 Å². The summed E-state index contributed by atoms with van der Waals surface area (Å²) >= 11 is 0. The molecule has 0 saturated carbocycles. The maximum Gasteiger partial charge on any atom is 0.243 e. The van der Waals surface area contributed by atoms with E-state index in [1.165, 1.54) is 25.5 Å². The predicted octanol–water partition coefficient (Wildman–Crippen LogP) is -1.83. The molecule has 0 rings (SSSR count). The molecule has 0 bridgehead atoms. The summed E-state index contributed by atoms with van der Waals surface area (Å²) in [5.74, 6) is -0.0726. The molecule has 0 saturated heterocycles. The summed E-state index contributed by atoms with van der Waals surface area (Å²) in [6, 6.07) is 0. The minimum Gasteiger partial charge on any atom is -1.00 e. The van der Waals surface area contributed by atoms with Crippen molar-refractivity contribution in [1.29, 1.82) is 0 Å². The summed E-state index contributed by atoms with van der Waals surface area (Å²) in [6.07, 6.45) is 4.76. The first-order valence-electron chi connectivity index (χ1n) is 5.16. The van der Waals surface area contributed by atoms with E-state index in [0.717, 1.165) is 17.4 Å². The van der Waals surface area contributed by atoms with Crippen LogP contribution in [0.25, 0.3) is 0 Å². The quantitative estimate of drug-likeness (QED) is 0.331. The average molecular weight is 279 g/mol. The van der Waals surface area contributed by atoms with Crippen molar-refractivity contribution in [2.24, 2.45) is 0 Å². The number of hydrogen-bond donors (Lipinski definition) is 1. The molecule has 90 valence electrons. The van der Waals surface area contributed by atoms with E-state index in [0.29, 0.717) is 0 Å². The molecular formula is C11H23BrN2O. The number of carbonyl (C=O) groups excluding carboxylic acids is 1. The first-order chi connectivity index (χ1) is 6.45. The number of unbranched alkanes of at least 4 members (excludes halogenated alkanes) is 2. The van der Waals surface area contributed by atoms with Crippen LogP contribution < -0.4 is 22.3 Å². The second-order valence-electron chi connectivity index (χ2n) is 4.57. The summed E-state index contributed by atoms with van der Waals surface area (Å²) in [7, 11) is 6.58. The van der Waals surface area contributed by atoms with E-state index in [1.54, 1.807) is 0 Å². The molecule has 0 fully saturated rings. The fourth-order valence-electron chi connectivity index (χ4n) is 1.17. The molecular weight excluding hydrogens is 256 g/mol. The van der Waals surface area contributed by atoms with Gasteiger partial charge < -0.3 is 26.8 Å². The van der Waals surface area contributed by atoms with Crippen LogP contribution in [0.4, 0.5) is 0 Å². The number of rotatable bonds is 7. The van der Waals surface area contributed by atoms with Crippen molar-refractivity contribution in [2.75, 3.05) is 34.2 Å². The van der Waals surface area contributed by atoms with Crippen LogP contribution in [0.15, 0.2) is 12.7 Å². The molecule has 0 aliphatic rings. The van der Waals surface area contributed by atoms with Gasteiger partial charge in [-0.05, 0) is 25.3 Å². The Labute approximate surface area is 104 Å². The molecule has 3 nitrogen and oxygen atoms in total. The van der Waals surface area contributed by atoms with Crippen LogP contribution in [0.2, 0.25) is 0 Å². The third kappa shape index (κ3) is 13.7. The molecule has 0 radical (unpaired) electrons. The summed E-state index contributed by atoms with van der Waals surface area (Å²) in [6.45, 7) is 5.35. The fraction of sp³-hybridized carbons (Fsp3) is 0.727. The minimum atomic E-state index is -0.0726. The maximum atomic E-state index is 10.8. The highest BCUT2D eigenvalue weighted by Crippen LogP contribution is 1.99. The Kier molecular flexibility index (Phi) is 10.1. The number of amides is 1. The zero-order valence-corrected chi connectivity index (χ0v) is 11.6. The van der Waals surface area contributed by atoms with Crippen molar-refractivity contribution in [2.45, 2.75) is 19.3 Å². The summed E-state index contributed by atoms with van der Waals surface area (Å²) in [4.78, 5) is 10.8. The number of nitrogens with zero attached hydrogens (tertiary/aromatic N) is 1. The van der Waals surface area contributed by atoms with E-state index < -0.39 is 0 Å². The van der Waals surface area contributed by atoms with Crippen molar-refractivity contribution in [3.8, 4) is 0 Å². The molecule has 1 N–H and O–H groups in total. The highest BCUT2D eigenvalue weighted by Gasteiger charge is 2.04. The monoisotopic (exact) mass is 278 g/mol. The molecule has 0 aromatic rings. The van der Waals surface area contributed by atoms with Crippen LogP contribution in [0.5, 0.6) is 0 Å². The van der Waals surface area contributed by atoms with Gasteiger partial charge in [-0.15, -0.1) is 0 Å². The van der Waals surface area contributed by atoms with Crippen molar-refractivity contribution in [3.63, 3.8) is 0 Å². The second-order valence-corrected chi connectivity index (χ2v) is 4.57. The molecule has 0 aromatic heterocycles. The number of hydrogen-bond acceptors (Lipinski definition) is 1. The molecule has 0 spiro atoms. The lowest BCUT2D eigenvalue weighted by Crippen LogP contribution is -3.00. The standard InChI is InChI=1S/C11H22N2O.BrH/c1-5-11(14)12-9-7-6-8-10-13(2,3)4;/h5H,1,6-10H2,2-4H3;1H. The topological polar surface area (TPSA) is 29.1 Å². The molecule has 15 heavy (non-hydrogen) atoms. The summed E-state index contributed by atoms with van der Waals surface area (Å²) in [5, 5.41) is 2.77. The van der Waals surface area contributed by atoms with Gasteiger partial charge in [0.15, 0.2) is 0 Å². The van der Waals surface area contributed by atoms with Crippen LogP contribution >= 0.6 is 0 Å². The number of quaternary nitrogens is 1. The normalized spacial score (nSPS) is 10.3. The highest BCUT2D eigenvalue weighted by atomic mass is 79.9. The Balaban J connectivity index is 0. The molecule has 0 unspecified atom stereocenters. The van der Waals surface area contributed by atoms with Gasteiger partial charge in [0.1, 0.15) is 0 Å². The van der Waals surface area contributed by atoms with E-state index in [-0.39, 0.29) is 22.9 Å². The first-order valence-corrected chi connectivity index (χ1v) is 5.16. The smallest absolute Gasteiger partial charge is 0.243 e. The largest absolute Gasteiger partial charge is 1.00 e. The van der Waals surface area contributed by atoms with Crippen LogP contribution in [0, 0.1) is 0 Å². The van der Waals surface area contributed by atoms with E-state index >= 15 is 0 Å². The van der Waals surface area contributed by atoms with Crippen LogP contribution in [0.1, 0.15) is 19.3 Å². The summed E-state index contributed by atoms with van der Waals surface area (Å²) < 4.78 is 1.01. The third-order valence-electron chi connectivity index (χ3n) is 1.99. The van der Waals surface area contributed by atoms with Gasteiger partial charge in [0.05, 0.1) is 27.7 Å². The first kappa shape index (κ1) is 17.1. The predicted molar refractivity (Wildman–Crippen MR) is 60.0 cm³/mol. The SMILES string of the molecule is C=CC(=O)NCCCCC[N+](C)(C)C.[Br-]. The van der Waals surface area contributed by atoms with Crippen LogP contribution in [0.3, 0.4) is 0 Å². The van der Waals surface area contributed by atoms with Gasteiger partial charge in [-0.1, -0.05) is 6.58 Å². The fourth-order valence-corrected chi connectivity index (χ4v) is 1.17. The lowest BCUT2D eigenvalue weighted by atomic mass is 10.2. The molecule has 0 aliphatic heterocycles. The number of halogens is 1. The Morgan fingerprint density at radius 3 is 2.33 bits per heavy atom. The molecule has 0 aliphatic carbocycles. The second kappa shape index (κ2) is 8.92. The molecule has 1 amide bonds. The van der Waals surface area contributed by atoms with Crippen LogP contribution in [-0.2, 0) is 4.79 Å². The minimum absolute atomic E-state index is 0. The van der Waals surface area contributed by atoms with E-state index in [4.69, 9.17) is 0 Å². The zero-order valence-electron chi connectivity index (χ0n) is 10.1. The molecule has 0 heterocycles. The van der Waals surface area contributed by atoms with Gasteiger partial charge in [-0.3, -0.25) is 4.79 Å². The summed E-state index contributed by atoms with van der Waals surface area (Å²) in [5.41, 5.74) is 0. The number of nitrogens with one attached hydrogen (secondary N) is 1. The van der Waals surface area contributed by atoms with Gasteiger partial charge in [0.25, 0.3) is 0 Å². The Hall–Kier alpha value is -0.350. The van der Waals surface area contributed by atoms with Crippen molar-refractivity contribution in [3.05, 3.63) is 12.7 Å². The number of carbonyl (C=O) groups is 1.